The molecule has 92 valence electrons. The van der Waals surface area contributed by atoms with Crippen LogP contribution in [0.3, 0.4) is 0 Å². The monoisotopic (exact) mass is 235 g/mol. The molecular formula is C13H17NO3. The molecule has 1 saturated heterocycles. The fourth-order valence-electron chi connectivity index (χ4n) is 2.12. The number of methoxy groups -OCH3 is 1. The van der Waals surface area contributed by atoms with Crippen molar-refractivity contribution in [2.75, 3.05) is 26.9 Å². The van der Waals surface area contributed by atoms with Crippen LogP contribution in [0, 0.1) is 0 Å². The lowest BCUT2D eigenvalue weighted by Crippen LogP contribution is -2.61. The smallest absolute Gasteiger partial charge is 0.328 e. The molecule has 1 fully saturated rings. The SMILES string of the molecule is COC(=O)C1(Cc2ccccc2)COCCN1. The van der Waals surface area contributed by atoms with Gasteiger partial charge in [-0.1, -0.05) is 30.3 Å². The van der Waals surface area contributed by atoms with Crippen LogP contribution >= 0.6 is 0 Å². The predicted octanol–water partition coefficient (Wildman–Crippen LogP) is 0.761. The quantitative estimate of drug-likeness (QED) is 0.786. The molecule has 4 nitrogen and oxygen atoms in total. The van der Waals surface area contributed by atoms with E-state index in [1.807, 2.05) is 30.3 Å². The van der Waals surface area contributed by atoms with Gasteiger partial charge in [0.15, 0.2) is 0 Å². The first kappa shape index (κ1) is 12.1. The molecule has 0 aromatic heterocycles. The number of rotatable bonds is 3. The number of carbonyl (C=O) groups is 1. The first-order valence-corrected chi connectivity index (χ1v) is 5.72. The van der Waals surface area contributed by atoms with Crippen molar-refractivity contribution in [3.8, 4) is 0 Å². The van der Waals surface area contributed by atoms with Gasteiger partial charge in [-0.3, -0.25) is 5.32 Å². The fraction of sp³-hybridized carbons (Fsp3) is 0.462. The van der Waals surface area contributed by atoms with Crippen LogP contribution in [0.25, 0.3) is 0 Å². The van der Waals surface area contributed by atoms with Gasteiger partial charge in [-0.25, -0.2) is 4.79 Å². The largest absolute Gasteiger partial charge is 0.468 e. The van der Waals surface area contributed by atoms with Gasteiger partial charge < -0.3 is 9.47 Å². The van der Waals surface area contributed by atoms with Crippen LogP contribution in [0.2, 0.25) is 0 Å². The molecular weight excluding hydrogens is 218 g/mol. The summed E-state index contributed by atoms with van der Waals surface area (Å²) >= 11 is 0. The molecule has 0 saturated carbocycles. The first-order valence-electron chi connectivity index (χ1n) is 5.72. The summed E-state index contributed by atoms with van der Waals surface area (Å²) in [5.41, 5.74) is 0.352. The van der Waals surface area contributed by atoms with Gasteiger partial charge in [-0.05, 0) is 5.56 Å². The van der Waals surface area contributed by atoms with E-state index >= 15 is 0 Å². The molecule has 2 rings (SSSR count). The van der Waals surface area contributed by atoms with Crippen LogP contribution < -0.4 is 5.32 Å². The van der Waals surface area contributed by atoms with Gasteiger partial charge in [-0.15, -0.1) is 0 Å². The predicted molar refractivity (Wildman–Crippen MR) is 63.7 cm³/mol. The minimum absolute atomic E-state index is 0.263. The summed E-state index contributed by atoms with van der Waals surface area (Å²) in [4.78, 5) is 11.9. The topological polar surface area (TPSA) is 47.6 Å². The van der Waals surface area contributed by atoms with E-state index in [-0.39, 0.29) is 5.97 Å². The number of nitrogens with one attached hydrogen (secondary N) is 1. The highest BCUT2D eigenvalue weighted by atomic mass is 16.5. The van der Waals surface area contributed by atoms with Gasteiger partial charge in [0, 0.05) is 13.0 Å². The molecule has 0 bridgehead atoms. The average Bonchev–Trinajstić information content (AvgIpc) is 2.40. The molecule has 1 N–H and O–H groups in total. The van der Waals surface area contributed by atoms with Gasteiger partial charge in [0.1, 0.15) is 5.54 Å². The molecule has 1 aromatic rings. The third-order valence-electron chi connectivity index (χ3n) is 2.98. The summed E-state index contributed by atoms with van der Waals surface area (Å²) in [6.45, 7) is 1.66. The van der Waals surface area contributed by atoms with E-state index < -0.39 is 5.54 Å². The summed E-state index contributed by atoms with van der Waals surface area (Å²) in [5, 5.41) is 3.23. The summed E-state index contributed by atoms with van der Waals surface area (Å²) in [6.07, 6.45) is 0.584. The van der Waals surface area contributed by atoms with Gasteiger partial charge in [-0.2, -0.15) is 0 Å². The Bertz CT molecular complexity index is 372. The number of esters is 1. The van der Waals surface area contributed by atoms with E-state index in [0.717, 1.165) is 5.56 Å². The van der Waals surface area contributed by atoms with Crippen molar-refractivity contribution < 1.29 is 14.3 Å². The Morgan fingerprint density at radius 3 is 2.82 bits per heavy atom. The molecule has 0 aliphatic carbocycles. The van der Waals surface area contributed by atoms with Crippen LogP contribution in [-0.2, 0) is 20.7 Å². The lowest BCUT2D eigenvalue weighted by molar-refractivity contribution is -0.154. The highest BCUT2D eigenvalue weighted by Crippen LogP contribution is 2.18. The molecule has 4 heteroatoms. The average molecular weight is 235 g/mol. The first-order chi connectivity index (χ1) is 8.27. The molecule has 0 radical (unpaired) electrons. The third-order valence-corrected chi connectivity index (χ3v) is 2.98. The molecule has 1 unspecified atom stereocenters. The fourth-order valence-corrected chi connectivity index (χ4v) is 2.12. The van der Waals surface area contributed by atoms with E-state index in [1.54, 1.807) is 0 Å². The molecule has 1 aliphatic rings. The van der Waals surface area contributed by atoms with Crippen LogP contribution in [-0.4, -0.2) is 38.4 Å². The normalized spacial score (nSPS) is 24.3. The summed E-state index contributed by atoms with van der Waals surface area (Å²) < 4.78 is 10.3. The zero-order valence-corrected chi connectivity index (χ0v) is 9.94. The maximum Gasteiger partial charge on any atom is 0.328 e. The van der Waals surface area contributed by atoms with Crippen LogP contribution in [0.1, 0.15) is 5.56 Å². The van der Waals surface area contributed by atoms with Crippen molar-refractivity contribution in [2.45, 2.75) is 12.0 Å². The second-order valence-electron chi connectivity index (χ2n) is 4.22. The van der Waals surface area contributed by atoms with Crippen molar-refractivity contribution in [2.24, 2.45) is 0 Å². The second kappa shape index (κ2) is 5.29. The van der Waals surface area contributed by atoms with Crippen molar-refractivity contribution >= 4 is 5.97 Å². The van der Waals surface area contributed by atoms with E-state index in [0.29, 0.717) is 26.2 Å². The van der Waals surface area contributed by atoms with Crippen LogP contribution in [0.15, 0.2) is 30.3 Å². The standard InChI is InChI=1S/C13H17NO3/c1-16-12(15)13(10-17-8-7-14-13)9-11-5-3-2-4-6-11/h2-6,14H,7-10H2,1H3. The molecule has 0 spiro atoms. The lowest BCUT2D eigenvalue weighted by atomic mass is 9.90. The summed E-state index contributed by atoms with van der Waals surface area (Å²) in [7, 11) is 1.41. The molecule has 1 aromatic carbocycles. The van der Waals surface area contributed by atoms with Gasteiger partial charge >= 0.3 is 5.97 Å². The molecule has 1 aliphatic heterocycles. The van der Waals surface area contributed by atoms with Crippen molar-refractivity contribution in [1.82, 2.24) is 5.32 Å². The molecule has 17 heavy (non-hydrogen) atoms. The molecule has 0 amide bonds. The Labute approximate surface area is 101 Å². The lowest BCUT2D eigenvalue weighted by Gasteiger charge is -2.35. The Hall–Kier alpha value is -1.39. The third kappa shape index (κ3) is 2.65. The number of carbonyl (C=O) groups excluding carboxylic acids is 1. The molecule has 1 atom stereocenters. The Kier molecular flexibility index (Phi) is 3.76. The number of benzene rings is 1. The number of hydrogen-bond donors (Lipinski definition) is 1. The Morgan fingerprint density at radius 1 is 1.47 bits per heavy atom. The van der Waals surface area contributed by atoms with Gasteiger partial charge in [0.05, 0.1) is 20.3 Å². The minimum Gasteiger partial charge on any atom is -0.468 e. The minimum atomic E-state index is -0.742. The summed E-state index contributed by atoms with van der Waals surface area (Å²) in [5.74, 6) is -0.263. The van der Waals surface area contributed by atoms with Crippen molar-refractivity contribution in [3.05, 3.63) is 35.9 Å². The van der Waals surface area contributed by atoms with Crippen molar-refractivity contribution in [3.63, 3.8) is 0 Å². The maximum atomic E-state index is 11.9. The van der Waals surface area contributed by atoms with E-state index in [2.05, 4.69) is 5.32 Å². The van der Waals surface area contributed by atoms with E-state index in [4.69, 9.17) is 9.47 Å². The highest BCUT2D eigenvalue weighted by molar-refractivity contribution is 5.81. The van der Waals surface area contributed by atoms with Gasteiger partial charge in [0.2, 0.25) is 0 Å². The number of ether oxygens (including phenoxy) is 2. The summed E-state index contributed by atoms with van der Waals surface area (Å²) in [6, 6.07) is 9.88. The maximum absolute atomic E-state index is 11.9. The van der Waals surface area contributed by atoms with Crippen LogP contribution in [0.4, 0.5) is 0 Å². The Morgan fingerprint density at radius 2 is 2.24 bits per heavy atom. The highest BCUT2D eigenvalue weighted by Gasteiger charge is 2.41. The molecule has 1 heterocycles. The van der Waals surface area contributed by atoms with Crippen molar-refractivity contribution in [1.29, 1.82) is 0 Å². The van der Waals surface area contributed by atoms with E-state index in [9.17, 15) is 4.79 Å². The van der Waals surface area contributed by atoms with Crippen LogP contribution in [0.5, 0.6) is 0 Å². The zero-order valence-electron chi connectivity index (χ0n) is 9.94. The second-order valence-corrected chi connectivity index (χ2v) is 4.22. The zero-order chi connectivity index (χ0) is 12.1. The Balaban J connectivity index is 2.19. The number of hydrogen-bond acceptors (Lipinski definition) is 4. The number of morpholine rings is 1. The van der Waals surface area contributed by atoms with Gasteiger partial charge in [0.25, 0.3) is 0 Å². The van der Waals surface area contributed by atoms with E-state index in [1.165, 1.54) is 7.11 Å².